The van der Waals surface area contributed by atoms with Crippen molar-refractivity contribution >= 4 is 0 Å². The van der Waals surface area contributed by atoms with Crippen molar-refractivity contribution in [1.29, 1.82) is 0 Å². The van der Waals surface area contributed by atoms with Crippen LogP contribution < -0.4 is 10.1 Å². The third-order valence-electron chi connectivity index (χ3n) is 2.83. The molecule has 0 saturated carbocycles. The van der Waals surface area contributed by atoms with E-state index in [0.717, 1.165) is 18.7 Å². The van der Waals surface area contributed by atoms with E-state index in [2.05, 4.69) is 11.5 Å². The van der Waals surface area contributed by atoms with Gasteiger partial charge in [-0.25, -0.2) is 9.36 Å². The number of aryl methyl sites for hydroxylation is 1. The SMILES string of the molecule is CC1CCCc2n1c(=O)cc[n+]2C. The first-order valence-corrected chi connectivity index (χ1v) is 4.80. The van der Waals surface area contributed by atoms with Crippen LogP contribution in [0.3, 0.4) is 0 Å². The normalized spacial score (nSPS) is 21.2. The van der Waals surface area contributed by atoms with Gasteiger partial charge in [0.2, 0.25) is 0 Å². The van der Waals surface area contributed by atoms with Crippen LogP contribution in [0.1, 0.15) is 31.6 Å². The van der Waals surface area contributed by atoms with E-state index in [1.807, 2.05) is 17.8 Å². The van der Waals surface area contributed by atoms with Crippen molar-refractivity contribution in [1.82, 2.24) is 4.57 Å². The van der Waals surface area contributed by atoms with Crippen LogP contribution in [0.4, 0.5) is 0 Å². The molecule has 70 valence electrons. The highest BCUT2D eigenvalue weighted by atomic mass is 16.1. The van der Waals surface area contributed by atoms with Crippen molar-refractivity contribution in [2.75, 3.05) is 0 Å². The minimum Gasteiger partial charge on any atom is -0.241 e. The standard InChI is InChI=1S/C10H15N2O/c1-8-4-3-5-9-11(2)7-6-10(13)12(8)9/h6-8H,3-5H2,1-2H3/q+1. The molecular formula is C10H15N2O+. The first-order valence-electron chi connectivity index (χ1n) is 4.80. The summed E-state index contributed by atoms with van der Waals surface area (Å²) in [6.45, 7) is 2.12. The predicted molar refractivity (Wildman–Crippen MR) is 49.5 cm³/mol. The first kappa shape index (κ1) is 8.48. The van der Waals surface area contributed by atoms with E-state index in [1.165, 1.54) is 6.42 Å². The van der Waals surface area contributed by atoms with Gasteiger partial charge >= 0.3 is 5.56 Å². The van der Waals surface area contributed by atoms with E-state index in [-0.39, 0.29) is 5.56 Å². The van der Waals surface area contributed by atoms with E-state index in [9.17, 15) is 4.79 Å². The molecule has 1 aliphatic rings. The van der Waals surface area contributed by atoms with Gasteiger partial charge in [0, 0.05) is 6.42 Å². The molecule has 13 heavy (non-hydrogen) atoms. The number of hydrogen-bond donors (Lipinski definition) is 0. The third kappa shape index (κ3) is 1.28. The fourth-order valence-corrected chi connectivity index (χ4v) is 2.09. The van der Waals surface area contributed by atoms with Gasteiger partial charge in [-0.1, -0.05) is 0 Å². The lowest BCUT2D eigenvalue weighted by atomic mass is 10.1. The molecule has 0 bridgehead atoms. The summed E-state index contributed by atoms with van der Waals surface area (Å²) in [6.07, 6.45) is 5.19. The maximum absolute atomic E-state index is 11.6. The van der Waals surface area contributed by atoms with Crippen LogP contribution in [0.15, 0.2) is 17.1 Å². The largest absolute Gasteiger partial charge is 0.337 e. The van der Waals surface area contributed by atoms with Gasteiger partial charge in [0.15, 0.2) is 0 Å². The zero-order valence-electron chi connectivity index (χ0n) is 8.16. The van der Waals surface area contributed by atoms with Crippen LogP contribution in [-0.4, -0.2) is 4.57 Å². The van der Waals surface area contributed by atoms with Crippen molar-refractivity contribution < 1.29 is 4.57 Å². The molecule has 1 aliphatic heterocycles. The summed E-state index contributed by atoms with van der Waals surface area (Å²) in [5.74, 6) is 1.16. The second-order valence-electron chi connectivity index (χ2n) is 3.79. The molecule has 1 aromatic heterocycles. The summed E-state index contributed by atoms with van der Waals surface area (Å²) in [7, 11) is 2.00. The topological polar surface area (TPSA) is 25.9 Å². The smallest absolute Gasteiger partial charge is 0.241 e. The molecule has 2 rings (SSSR count). The highest BCUT2D eigenvalue weighted by molar-refractivity contribution is 4.93. The Bertz CT molecular complexity index is 381. The molecule has 0 spiro atoms. The van der Waals surface area contributed by atoms with Crippen LogP contribution in [-0.2, 0) is 13.5 Å². The molecule has 2 heterocycles. The second kappa shape index (κ2) is 2.98. The Morgan fingerprint density at radius 1 is 1.62 bits per heavy atom. The van der Waals surface area contributed by atoms with Crippen LogP contribution in [0.5, 0.6) is 0 Å². The van der Waals surface area contributed by atoms with E-state index in [0.29, 0.717) is 6.04 Å². The Hall–Kier alpha value is -1.12. The molecule has 0 N–H and O–H groups in total. The lowest BCUT2D eigenvalue weighted by Crippen LogP contribution is -2.45. The lowest BCUT2D eigenvalue weighted by molar-refractivity contribution is -0.685. The summed E-state index contributed by atoms with van der Waals surface area (Å²) in [5.41, 5.74) is 0.139. The molecule has 3 nitrogen and oxygen atoms in total. The molecular weight excluding hydrogens is 164 g/mol. The fourth-order valence-electron chi connectivity index (χ4n) is 2.09. The van der Waals surface area contributed by atoms with Gasteiger partial charge in [0.1, 0.15) is 6.04 Å². The Labute approximate surface area is 77.6 Å². The van der Waals surface area contributed by atoms with Crippen LogP contribution in [0, 0.1) is 0 Å². The average Bonchev–Trinajstić information content (AvgIpc) is 2.12. The summed E-state index contributed by atoms with van der Waals surface area (Å²) >= 11 is 0. The van der Waals surface area contributed by atoms with Crippen LogP contribution in [0.2, 0.25) is 0 Å². The maximum atomic E-state index is 11.6. The minimum absolute atomic E-state index is 0.139. The first-order chi connectivity index (χ1) is 6.20. The Morgan fingerprint density at radius 3 is 3.08 bits per heavy atom. The quantitative estimate of drug-likeness (QED) is 0.535. The van der Waals surface area contributed by atoms with Crippen molar-refractivity contribution in [3.8, 4) is 0 Å². The average molecular weight is 179 g/mol. The Kier molecular flexibility index (Phi) is 1.94. The van der Waals surface area contributed by atoms with Crippen molar-refractivity contribution in [2.45, 2.75) is 32.2 Å². The summed E-state index contributed by atoms with van der Waals surface area (Å²) in [6, 6.07) is 2.01. The molecule has 0 amide bonds. The summed E-state index contributed by atoms with van der Waals surface area (Å²) in [5, 5.41) is 0. The van der Waals surface area contributed by atoms with E-state index in [4.69, 9.17) is 0 Å². The van der Waals surface area contributed by atoms with Crippen molar-refractivity contribution in [3.05, 3.63) is 28.4 Å². The number of aromatic nitrogens is 2. The van der Waals surface area contributed by atoms with Crippen molar-refractivity contribution in [3.63, 3.8) is 0 Å². The maximum Gasteiger partial charge on any atom is 0.337 e. The Morgan fingerprint density at radius 2 is 2.38 bits per heavy atom. The van der Waals surface area contributed by atoms with Gasteiger partial charge in [-0.05, 0) is 19.8 Å². The van der Waals surface area contributed by atoms with Gasteiger partial charge in [0.25, 0.3) is 5.82 Å². The highest BCUT2D eigenvalue weighted by Crippen LogP contribution is 2.18. The molecule has 3 heteroatoms. The molecule has 1 atom stereocenters. The monoisotopic (exact) mass is 179 g/mol. The molecule has 0 aliphatic carbocycles. The molecule has 1 aromatic rings. The van der Waals surface area contributed by atoms with E-state index in [1.54, 1.807) is 6.07 Å². The van der Waals surface area contributed by atoms with Gasteiger partial charge in [-0.15, -0.1) is 0 Å². The molecule has 1 unspecified atom stereocenters. The lowest BCUT2D eigenvalue weighted by Gasteiger charge is -2.18. The van der Waals surface area contributed by atoms with Gasteiger partial charge in [-0.3, -0.25) is 0 Å². The van der Waals surface area contributed by atoms with Crippen LogP contribution in [0.25, 0.3) is 0 Å². The predicted octanol–water partition coefficient (Wildman–Crippen LogP) is 0.570. The molecule has 0 fully saturated rings. The van der Waals surface area contributed by atoms with E-state index < -0.39 is 0 Å². The number of fused-ring (bicyclic) bond motifs is 1. The van der Waals surface area contributed by atoms with Crippen LogP contribution >= 0.6 is 0 Å². The molecule has 0 aromatic carbocycles. The number of nitrogens with zero attached hydrogens (tertiary/aromatic N) is 2. The summed E-state index contributed by atoms with van der Waals surface area (Å²) in [4.78, 5) is 11.6. The van der Waals surface area contributed by atoms with Gasteiger partial charge in [-0.2, -0.15) is 4.57 Å². The minimum atomic E-state index is 0.139. The Balaban J connectivity index is 2.67. The zero-order chi connectivity index (χ0) is 9.42. The van der Waals surface area contributed by atoms with E-state index >= 15 is 0 Å². The molecule has 0 saturated heterocycles. The fraction of sp³-hybridized carbons (Fsp3) is 0.600. The van der Waals surface area contributed by atoms with Gasteiger partial charge < -0.3 is 0 Å². The second-order valence-corrected chi connectivity index (χ2v) is 3.79. The third-order valence-corrected chi connectivity index (χ3v) is 2.83. The van der Waals surface area contributed by atoms with Crippen molar-refractivity contribution in [2.24, 2.45) is 7.05 Å². The highest BCUT2D eigenvalue weighted by Gasteiger charge is 2.25. The zero-order valence-corrected chi connectivity index (χ0v) is 8.16. The number of hydrogen-bond acceptors (Lipinski definition) is 1. The summed E-state index contributed by atoms with van der Waals surface area (Å²) < 4.78 is 3.97. The number of rotatable bonds is 0. The van der Waals surface area contributed by atoms with Gasteiger partial charge in [0.05, 0.1) is 19.3 Å². The molecule has 0 radical (unpaired) electrons.